The van der Waals surface area contributed by atoms with Crippen LogP contribution in [-0.4, -0.2) is 25.5 Å². The Balaban J connectivity index is 2.16. The van der Waals surface area contributed by atoms with Crippen molar-refractivity contribution >= 4 is 23.4 Å². The van der Waals surface area contributed by atoms with E-state index in [0.29, 0.717) is 27.5 Å². The first kappa shape index (κ1) is 18.3. The fourth-order valence-electron chi connectivity index (χ4n) is 2.22. The average Bonchev–Trinajstić information content (AvgIpc) is 3.04. The predicted octanol–water partition coefficient (Wildman–Crippen LogP) is 4.73. The third-order valence-corrected chi connectivity index (χ3v) is 4.39. The van der Waals surface area contributed by atoms with E-state index in [1.165, 1.54) is 28.6 Å². The van der Waals surface area contributed by atoms with Crippen molar-refractivity contribution in [2.75, 3.05) is 5.75 Å². The predicted molar refractivity (Wildman–Crippen MR) is 94.2 cm³/mol. The molecule has 0 aliphatic rings. The molecule has 2 aromatic heterocycles. The normalized spacial score (nSPS) is 11.3. The number of hydrogen-bond donors (Lipinski definition) is 0. The summed E-state index contributed by atoms with van der Waals surface area (Å²) in [6.07, 6.45) is 2.30. The van der Waals surface area contributed by atoms with Crippen LogP contribution >= 0.6 is 23.4 Å². The van der Waals surface area contributed by atoms with Crippen molar-refractivity contribution in [1.82, 2.24) is 19.7 Å². The van der Waals surface area contributed by atoms with E-state index in [1.54, 1.807) is 18.2 Å². The van der Waals surface area contributed by atoms with Crippen molar-refractivity contribution in [2.24, 2.45) is 0 Å². The van der Waals surface area contributed by atoms with Crippen LogP contribution in [0.1, 0.15) is 5.56 Å². The van der Waals surface area contributed by atoms with Crippen LogP contribution in [0.3, 0.4) is 0 Å². The minimum Gasteiger partial charge on any atom is -0.270 e. The third kappa shape index (κ3) is 3.84. The Morgan fingerprint density at radius 1 is 1.19 bits per heavy atom. The maximum absolute atomic E-state index is 13.1. The van der Waals surface area contributed by atoms with Gasteiger partial charge in [-0.3, -0.25) is 4.57 Å². The fourth-order valence-corrected chi connectivity index (χ4v) is 2.96. The molecule has 0 aliphatic carbocycles. The smallest absolute Gasteiger partial charge is 0.270 e. The highest BCUT2D eigenvalue weighted by Crippen LogP contribution is 2.33. The van der Waals surface area contributed by atoms with Gasteiger partial charge in [0.15, 0.2) is 11.0 Å². The Kier molecular flexibility index (Phi) is 5.20. The summed E-state index contributed by atoms with van der Waals surface area (Å²) in [5.41, 5.74) is 0.0675. The molecule has 1 aromatic carbocycles. The van der Waals surface area contributed by atoms with Crippen molar-refractivity contribution < 1.29 is 13.2 Å². The van der Waals surface area contributed by atoms with E-state index < -0.39 is 11.7 Å². The number of aromatic nitrogens is 4. The summed E-state index contributed by atoms with van der Waals surface area (Å²) in [7, 11) is 0. The van der Waals surface area contributed by atoms with Crippen LogP contribution in [0, 0.1) is 12.3 Å². The van der Waals surface area contributed by atoms with Gasteiger partial charge in [0.25, 0.3) is 0 Å². The quantitative estimate of drug-likeness (QED) is 0.364. The van der Waals surface area contributed by atoms with E-state index in [2.05, 4.69) is 21.1 Å². The molecule has 0 N–H and O–H groups in total. The van der Waals surface area contributed by atoms with E-state index in [1.807, 2.05) is 0 Å². The first-order valence-corrected chi connectivity index (χ1v) is 8.58. The average molecular weight is 395 g/mol. The molecular weight excluding hydrogens is 385 g/mol. The molecule has 0 fully saturated rings. The van der Waals surface area contributed by atoms with Gasteiger partial charge in [0.05, 0.1) is 17.0 Å². The van der Waals surface area contributed by atoms with Crippen LogP contribution in [0.15, 0.2) is 47.8 Å². The molecular formula is C17H10ClF3N4S. The molecule has 4 nitrogen and oxygen atoms in total. The minimum absolute atomic E-state index is 0.272. The van der Waals surface area contributed by atoms with Crippen molar-refractivity contribution in [2.45, 2.75) is 11.3 Å². The van der Waals surface area contributed by atoms with Gasteiger partial charge in [-0.25, -0.2) is 4.98 Å². The number of benzene rings is 1. The van der Waals surface area contributed by atoms with Crippen molar-refractivity contribution in [3.05, 3.63) is 53.3 Å². The number of thioether (sulfide) groups is 1. The Hall–Kier alpha value is -2.50. The lowest BCUT2D eigenvalue weighted by Gasteiger charge is -2.12. The Labute approximate surface area is 156 Å². The second-order valence-electron chi connectivity index (χ2n) is 5.05. The Morgan fingerprint density at radius 2 is 2.00 bits per heavy atom. The number of terminal acetylenes is 1. The highest BCUT2D eigenvalue weighted by atomic mass is 35.5. The summed E-state index contributed by atoms with van der Waals surface area (Å²) in [6.45, 7) is 0. The molecule has 9 heteroatoms. The zero-order valence-electron chi connectivity index (χ0n) is 13.0. The molecule has 3 aromatic rings. The van der Waals surface area contributed by atoms with Crippen molar-refractivity contribution in [3.8, 4) is 29.4 Å². The van der Waals surface area contributed by atoms with Crippen LogP contribution in [0.5, 0.6) is 0 Å². The SMILES string of the molecule is C#CCSc1nnc(-c2ccc(Cl)nc2)n1-c1cccc(C(F)(F)F)c1. The maximum Gasteiger partial charge on any atom is 0.416 e. The van der Waals surface area contributed by atoms with E-state index in [-0.39, 0.29) is 5.69 Å². The van der Waals surface area contributed by atoms with Gasteiger partial charge >= 0.3 is 6.18 Å². The molecule has 0 amide bonds. The highest BCUT2D eigenvalue weighted by Gasteiger charge is 2.31. The second-order valence-corrected chi connectivity index (χ2v) is 6.38. The highest BCUT2D eigenvalue weighted by molar-refractivity contribution is 7.99. The van der Waals surface area contributed by atoms with Gasteiger partial charge in [0, 0.05) is 11.8 Å². The van der Waals surface area contributed by atoms with Crippen LogP contribution in [-0.2, 0) is 6.18 Å². The monoisotopic (exact) mass is 394 g/mol. The van der Waals surface area contributed by atoms with Crippen LogP contribution in [0.4, 0.5) is 13.2 Å². The third-order valence-electron chi connectivity index (χ3n) is 3.34. The second kappa shape index (κ2) is 7.40. The van der Waals surface area contributed by atoms with Crippen molar-refractivity contribution in [1.29, 1.82) is 0 Å². The number of nitrogens with zero attached hydrogens (tertiary/aromatic N) is 4. The molecule has 132 valence electrons. The molecule has 26 heavy (non-hydrogen) atoms. The molecule has 0 saturated heterocycles. The number of pyridine rings is 1. The van der Waals surface area contributed by atoms with Crippen LogP contribution in [0.2, 0.25) is 5.15 Å². The summed E-state index contributed by atoms with van der Waals surface area (Å²) in [5.74, 6) is 3.10. The molecule has 2 heterocycles. The topological polar surface area (TPSA) is 43.6 Å². The zero-order chi connectivity index (χ0) is 18.7. The molecule has 0 unspecified atom stereocenters. The number of alkyl halides is 3. The number of rotatable bonds is 4. The molecule has 0 atom stereocenters. The molecule has 0 radical (unpaired) electrons. The minimum atomic E-state index is -4.46. The zero-order valence-corrected chi connectivity index (χ0v) is 14.6. The maximum atomic E-state index is 13.1. The Morgan fingerprint density at radius 3 is 2.65 bits per heavy atom. The summed E-state index contributed by atoms with van der Waals surface area (Å²) in [6, 6.07) is 8.15. The van der Waals surface area contributed by atoms with Gasteiger partial charge in [0.2, 0.25) is 0 Å². The van der Waals surface area contributed by atoms with Gasteiger partial charge in [0.1, 0.15) is 5.15 Å². The van der Waals surface area contributed by atoms with Crippen molar-refractivity contribution in [3.63, 3.8) is 0 Å². The van der Waals surface area contributed by atoms with Gasteiger partial charge in [-0.1, -0.05) is 35.3 Å². The number of halogens is 4. The largest absolute Gasteiger partial charge is 0.416 e. The fraction of sp³-hybridized carbons (Fsp3) is 0.118. The first-order valence-electron chi connectivity index (χ1n) is 7.21. The lowest BCUT2D eigenvalue weighted by Crippen LogP contribution is -2.07. The molecule has 0 aliphatic heterocycles. The van der Waals surface area contributed by atoms with E-state index >= 15 is 0 Å². The lowest BCUT2D eigenvalue weighted by molar-refractivity contribution is -0.137. The van der Waals surface area contributed by atoms with E-state index in [9.17, 15) is 13.2 Å². The summed E-state index contributed by atoms with van der Waals surface area (Å²) < 4.78 is 40.8. The molecule has 3 rings (SSSR count). The summed E-state index contributed by atoms with van der Waals surface area (Å²) in [5, 5.41) is 8.83. The van der Waals surface area contributed by atoms with Gasteiger partial charge in [-0.05, 0) is 30.3 Å². The molecule has 0 saturated carbocycles. The van der Waals surface area contributed by atoms with Gasteiger partial charge in [-0.15, -0.1) is 16.6 Å². The van der Waals surface area contributed by atoms with E-state index in [0.717, 1.165) is 12.1 Å². The number of hydrogen-bond acceptors (Lipinski definition) is 4. The summed E-state index contributed by atoms with van der Waals surface area (Å²) >= 11 is 6.99. The first-order chi connectivity index (χ1) is 12.4. The Bertz CT molecular complexity index is 961. The van der Waals surface area contributed by atoms with E-state index in [4.69, 9.17) is 18.0 Å². The standard InChI is InChI=1S/C17H10ClF3N4S/c1-2-8-26-16-24-23-15(11-6-7-14(18)22-10-11)25(16)13-5-3-4-12(9-13)17(19,20)21/h1,3-7,9-10H,8H2. The molecule has 0 bridgehead atoms. The van der Waals surface area contributed by atoms with Gasteiger partial charge in [-0.2, -0.15) is 13.2 Å². The van der Waals surface area contributed by atoms with Crippen LogP contribution < -0.4 is 0 Å². The summed E-state index contributed by atoms with van der Waals surface area (Å²) in [4.78, 5) is 3.98. The van der Waals surface area contributed by atoms with Gasteiger partial charge < -0.3 is 0 Å². The van der Waals surface area contributed by atoms with Crippen LogP contribution in [0.25, 0.3) is 17.1 Å². The molecule has 0 spiro atoms. The lowest BCUT2D eigenvalue weighted by atomic mass is 10.2.